The molecule has 1 aliphatic heterocycles. The molecule has 1 N–H and O–H groups in total. The van der Waals surface area contributed by atoms with Crippen molar-refractivity contribution in [2.75, 3.05) is 26.7 Å². The van der Waals surface area contributed by atoms with E-state index in [1.54, 1.807) is 0 Å². The molecule has 0 atom stereocenters. The molecule has 1 fully saturated rings. The Bertz CT molecular complexity index is 572. The first-order valence-corrected chi connectivity index (χ1v) is 7.09. The van der Waals surface area contributed by atoms with Crippen molar-refractivity contribution in [3.05, 3.63) is 47.5 Å². The fraction of sp³-hybridized carbons (Fsp3) is 0.412. The van der Waals surface area contributed by atoms with Gasteiger partial charge in [-0.3, -0.25) is 0 Å². The molecule has 2 aromatic carbocycles. The number of hydrogen-bond acceptors (Lipinski definition) is 2. The monoisotopic (exact) mass is 254 g/mol. The second kappa shape index (κ2) is 5.32. The lowest BCUT2D eigenvalue weighted by Gasteiger charge is -2.31. The molecule has 0 bridgehead atoms. The molecule has 100 valence electrons. The van der Waals surface area contributed by atoms with E-state index in [4.69, 9.17) is 0 Å². The van der Waals surface area contributed by atoms with Gasteiger partial charge >= 0.3 is 0 Å². The Morgan fingerprint density at radius 2 is 1.84 bits per heavy atom. The van der Waals surface area contributed by atoms with E-state index in [2.05, 4.69) is 60.6 Å². The Morgan fingerprint density at radius 1 is 1.11 bits per heavy atom. The fourth-order valence-corrected chi connectivity index (χ4v) is 2.81. The minimum atomic E-state index is 0.841. The topological polar surface area (TPSA) is 15.3 Å². The molecule has 0 amide bonds. The van der Waals surface area contributed by atoms with Crippen LogP contribution >= 0.6 is 0 Å². The lowest BCUT2D eigenvalue weighted by molar-refractivity contribution is 0.219. The normalized spacial score (nSPS) is 15.9. The molecule has 0 aliphatic carbocycles. The highest BCUT2D eigenvalue weighted by atomic mass is 15.1. The van der Waals surface area contributed by atoms with E-state index in [9.17, 15) is 0 Å². The number of nitrogens with one attached hydrogen (secondary N) is 1. The number of nitrogens with zero attached hydrogens (tertiary/aromatic N) is 1. The first kappa shape index (κ1) is 12.6. The predicted octanol–water partition coefficient (Wildman–Crippen LogP) is 2.80. The molecule has 1 saturated heterocycles. The smallest absolute Gasteiger partial charge is 0.0231 e. The van der Waals surface area contributed by atoms with Gasteiger partial charge in [-0.1, -0.05) is 35.9 Å². The van der Waals surface area contributed by atoms with Crippen LogP contribution in [0.5, 0.6) is 0 Å². The Labute approximate surface area is 115 Å². The second-order valence-corrected chi connectivity index (χ2v) is 5.91. The third kappa shape index (κ3) is 2.96. The number of rotatable bonds is 4. The summed E-state index contributed by atoms with van der Waals surface area (Å²) in [6.07, 6.45) is 0. The Balaban J connectivity index is 1.71. The van der Waals surface area contributed by atoms with Crippen molar-refractivity contribution < 1.29 is 0 Å². The van der Waals surface area contributed by atoms with Crippen molar-refractivity contribution in [2.24, 2.45) is 5.92 Å². The van der Waals surface area contributed by atoms with Crippen molar-refractivity contribution in [1.29, 1.82) is 0 Å². The van der Waals surface area contributed by atoms with Crippen molar-refractivity contribution in [1.82, 2.24) is 10.2 Å². The van der Waals surface area contributed by atoms with E-state index in [-0.39, 0.29) is 0 Å². The van der Waals surface area contributed by atoms with E-state index >= 15 is 0 Å². The SMILES string of the molecule is Cc1ccc2cc(CN(C)CC3CNC3)ccc2c1. The van der Waals surface area contributed by atoms with Crippen LogP contribution < -0.4 is 5.32 Å². The quantitative estimate of drug-likeness (QED) is 0.902. The predicted molar refractivity (Wildman–Crippen MR) is 81.4 cm³/mol. The Morgan fingerprint density at radius 3 is 2.58 bits per heavy atom. The Hall–Kier alpha value is -1.38. The van der Waals surface area contributed by atoms with Gasteiger partial charge in [0.15, 0.2) is 0 Å². The highest BCUT2D eigenvalue weighted by Crippen LogP contribution is 2.19. The lowest BCUT2D eigenvalue weighted by atomic mass is 10.0. The molecule has 2 aromatic rings. The largest absolute Gasteiger partial charge is 0.316 e. The standard InChI is InChI=1S/C17H22N2/c1-13-3-5-17-8-14(4-6-16(17)7-13)11-19(2)12-15-9-18-10-15/h3-8,15,18H,9-12H2,1-2H3. The molecular formula is C17H22N2. The average Bonchev–Trinajstić information content (AvgIpc) is 2.34. The molecule has 0 aromatic heterocycles. The first-order chi connectivity index (χ1) is 9.20. The molecule has 1 heterocycles. The molecule has 2 nitrogen and oxygen atoms in total. The van der Waals surface area contributed by atoms with Crippen LogP contribution in [-0.2, 0) is 6.54 Å². The van der Waals surface area contributed by atoms with Crippen LogP contribution in [0.2, 0.25) is 0 Å². The molecule has 0 saturated carbocycles. The minimum absolute atomic E-state index is 0.841. The number of benzene rings is 2. The summed E-state index contributed by atoms with van der Waals surface area (Å²) in [5.74, 6) is 0.841. The van der Waals surface area contributed by atoms with Crippen molar-refractivity contribution in [2.45, 2.75) is 13.5 Å². The van der Waals surface area contributed by atoms with Gasteiger partial charge in [0.05, 0.1) is 0 Å². The number of fused-ring (bicyclic) bond motifs is 1. The van der Waals surface area contributed by atoms with Gasteiger partial charge in [-0.15, -0.1) is 0 Å². The fourth-order valence-electron chi connectivity index (χ4n) is 2.81. The zero-order valence-electron chi connectivity index (χ0n) is 11.8. The minimum Gasteiger partial charge on any atom is -0.316 e. The maximum Gasteiger partial charge on any atom is 0.0231 e. The van der Waals surface area contributed by atoms with Crippen LogP contribution in [0, 0.1) is 12.8 Å². The molecule has 3 rings (SSSR count). The zero-order valence-corrected chi connectivity index (χ0v) is 11.8. The number of hydrogen-bond donors (Lipinski definition) is 1. The van der Waals surface area contributed by atoms with Crippen LogP contribution in [0.4, 0.5) is 0 Å². The van der Waals surface area contributed by atoms with Gasteiger partial charge in [0.2, 0.25) is 0 Å². The third-order valence-corrected chi connectivity index (χ3v) is 3.95. The van der Waals surface area contributed by atoms with Crippen molar-refractivity contribution in [3.8, 4) is 0 Å². The van der Waals surface area contributed by atoms with Crippen LogP contribution in [0.15, 0.2) is 36.4 Å². The summed E-state index contributed by atoms with van der Waals surface area (Å²) in [6.45, 7) is 6.75. The van der Waals surface area contributed by atoms with Gasteiger partial charge < -0.3 is 10.2 Å². The molecule has 0 radical (unpaired) electrons. The van der Waals surface area contributed by atoms with Crippen molar-refractivity contribution in [3.63, 3.8) is 0 Å². The average molecular weight is 254 g/mol. The summed E-state index contributed by atoms with van der Waals surface area (Å²) in [7, 11) is 2.22. The van der Waals surface area contributed by atoms with Crippen molar-refractivity contribution >= 4 is 10.8 Å². The first-order valence-electron chi connectivity index (χ1n) is 7.09. The molecule has 1 aliphatic rings. The highest BCUT2D eigenvalue weighted by Gasteiger charge is 2.18. The molecule has 0 unspecified atom stereocenters. The second-order valence-electron chi connectivity index (χ2n) is 5.91. The van der Waals surface area contributed by atoms with Gasteiger partial charge in [-0.2, -0.15) is 0 Å². The van der Waals surface area contributed by atoms with E-state index in [0.29, 0.717) is 0 Å². The van der Waals surface area contributed by atoms with Gasteiger partial charge in [0.25, 0.3) is 0 Å². The van der Waals surface area contributed by atoms with Crippen LogP contribution in [-0.4, -0.2) is 31.6 Å². The summed E-state index contributed by atoms with van der Waals surface area (Å²) in [6, 6.07) is 13.5. The molecule has 19 heavy (non-hydrogen) atoms. The van der Waals surface area contributed by atoms with E-state index in [1.165, 1.54) is 41.5 Å². The van der Waals surface area contributed by atoms with Crippen LogP contribution in [0.1, 0.15) is 11.1 Å². The summed E-state index contributed by atoms with van der Waals surface area (Å²) in [5.41, 5.74) is 2.74. The number of aryl methyl sites for hydroxylation is 1. The molecular weight excluding hydrogens is 232 g/mol. The lowest BCUT2D eigenvalue weighted by Crippen LogP contribution is -2.47. The summed E-state index contributed by atoms with van der Waals surface area (Å²) in [4.78, 5) is 2.43. The molecule has 2 heteroatoms. The summed E-state index contributed by atoms with van der Waals surface area (Å²) < 4.78 is 0. The van der Waals surface area contributed by atoms with Gasteiger partial charge in [-0.05, 0) is 42.3 Å². The maximum absolute atomic E-state index is 3.33. The van der Waals surface area contributed by atoms with Gasteiger partial charge in [0.1, 0.15) is 0 Å². The Kier molecular flexibility index (Phi) is 3.54. The highest BCUT2D eigenvalue weighted by molar-refractivity contribution is 5.83. The maximum atomic E-state index is 3.33. The van der Waals surface area contributed by atoms with E-state index < -0.39 is 0 Å². The van der Waals surface area contributed by atoms with E-state index in [1.807, 2.05) is 0 Å². The molecule has 0 spiro atoms. The third-order valence-electron chi connectivity index (χ3n) is 3.95. The summed E-state index contributed by atoms with van der Waals surface area (Å²) in [5, 5.41) is 6.02. The van der Waals surface area contributed by atoms with Gasteiger partial charge in [-0.25, -0.2) is 0 Å². The van der Waals surface area contributed by atoms with Crippen LogP contribution in [0.25, 0.3) is 10.8 Å². The van der Waals surface area contributed by atoms with Crippen LogP contribution in [0.3, 0.4) is 0 Å². The van der Waals surface area contributed by atoms with Gasteiger partial charge in [0, 0.05) is 26.2 Å². The van der Waals surface area contributed by atoms with E-state index in [0.717, 1.165) is 12.5 Å². The summed E-state index contributed by atoms with van der Waals surface area (Å²) >= 11 is 0. The zero-order chi connectivity index (χ0) is 13.2.